The summed E-state index contributed by atoms with van der Waals surface area (Å²) in [4.78, 5) is 21.5. The Kier molecular flexibility index (Phi) is 1.50. The van der Waals surface area contributed by atoms with Gasteiger partial charge in [-0.1, -0.05) is 6.92 Å². The maximum absolute atomic E-state index is 10.8. The van der Waals surface area contributed by atoms with Crippen LogP contribution in [0.15, 0.2) is 0 Å². The van der Waals surface area contributed by atoms with Gasteiger partial charge in [-0.3, -0.25) is 9.59 Å². The number of primary amides is 1. The first-order valence-electron chi connectivity index (χ1n) is 3.36. The molecule has 1 saturated carbocycles. The lowest BCUT2D eigenvalue weighted by Gasteiger charge is -2.16. The minimum absolute atomic E-state index is 0.154. The molecule has 0 aromatic carbocycles. The smallest absolute Gasteiger partial charge is 0.223 e. The van der Waals surface area contributed by atoms with Crippen molar-refractivity contribution in [3.05, 3.63) is 0 Å². The van der Waals surface area contributed by atoms with Crippen LogP contribution in [0.4, 0.5) is 0 Å². The van der Waals surface area contributed by atoms with Gasteiger partial charge in [0.25, 0.3) is 0 Å². The average molecular weight is 141 g/mol. The molecule has 0 saturated heterocycles. The summed E-state index contributed by atoms with van der Waals surface area (Å²) < 4.78 is 0. The van der Waals surface area contributed by atoms with Gasteiger partial charge < -0.3 is 5.73 Å². The van der Waals surface area contributed by atoms with E-state index in [1.54, 1.807) is 6.92 Å². The number of nitrogens with two attached hydrogens (primary N) is 1. The molecule has 1 aliphatic carbocycles. The van der Waals surface area contributed by atoms with Crippen molar-refractivity contribution < 1.29 is 9.59 Å². The second-order valence-electron chi connectivity index (χ2n) is 3.14. The van der Waals surface area contributed by atoms with E-state index < -0.39 is 5.41 Å². The number of carbonyl (C=O) groups excluding carboxylic acids is 2. The quantitative estimate of drug-likeness (QED) is 0.568. The molecule has 3 heteroatoms. The van der Waals surface area contributed by atoms with E-state index in [-0.39, 0.29) is 11.7 Å². The highest BCUT2D eigenvalue weighted by Gasteiger charge is 2.38. The second-order valence-corrected chi connectivity index (χ2v) is 3.14. The van der Waals surface area contributed by atoms with E-state index in [4.69, 9.17) is 5.73 Å². The Morgan fingerprint density at radius 2 is 2.30 bits per heavy atom. The Morgan fingerprint density at radius 1 is 1.70 bits per heavy atom. The number of rotatable bonds is 1. The van der Waals surface area contributed by atoms with Gasteiger partial charge in [0.2, 0.25) is 5.91 Å². The Morgan fingerprint density at radius 3 is 2.50 bits per heavy atom. The molecule has 0 aromatic heterocycles. The molecule has 56 valence electrons. The number of ketones is 1. The monoisotopic (exact) mass is 141 g/mol. The van der Waals surface area contributed by atoms with Crippen LogP contribution < -0.4 is 5.73 Å². The van der Waals surface area contributed by atoms with Crippen LogP contribution in [0.25, 0.3) is 0 Å². The van der Waals surface area contributed by atoms with E-state index >= 15 is 0 Å². The fourth-order valence-electron chi connectivity index (χ4n) is 1.24. The molecular formula is C7H11NO2. The SMILES string of the molecule is CC1(C(N)=O)CCC(=O)C1. The zero-order chi connectivity index (χ0) is 7.78. The number of Topliss-reactive ketones (excluding diaryl/α,β-unsaturated/α-hetero) is 1. The van der Waals surface area contributed by atoms with Gasteiger partial charge in [0, 0.05) is 12.8 Å². The topological polar surface area (TPSA) is 60.2 Å². The number of carbonyl (C=O) groups is 2. The molecule has 0 heterocycles. The van der Waals surface area contributed by atoms with Crippen LogP contribution in [0.2, 0.25) is 0 Å². The second kappa shape index (κ2) is 2.08. The predicted octanol–water partition coefficient (Wildman–Crippen LogP) is 0.231. The van der Waals surface area contributed by atoms with Gasteiger partial charge in [0.1, 0.15) is 5.78 Å². The third kappa shape index (κ3) is 1.03. The van der Waals surface area contributed by atoms with Crippen molar-refractivity contribution in [3.63, 3.8) is 0 Å². The van der Waals surface area contributed by atoms with Crippen LogP contribution in [0.3, 0.4) is 0 Å². The highest BCUT2D eigenvalue weighted by molar-refractivity contribution is 5.91. The summed E-state index contributed by atoms with van der Waals surface area (Å²) in [6, 6.07) is 0. The molecule has 1 rings (SSSR count). The summed E-state index contributed by atoms with van der Waals surface area (Å²) in [5.41, 5.74) is 4.56. The molecule has 10 heavy (non-hydrogen) atoms. The fourth-order valence-corrected chi connectivity index (χ4v) is 1.24. The van der Waals surface area contributed by atoms with Crippen LogP contribution in [-0.4, -0.2) is 11.7 Å². The molecule has 0 radical (unpaired) electrons. The summed E-state index contributed by atoms with van der Waals surface area (Å²) in [5.74, 6) is -0.195. The summed E-state index contributed by atoms with van der Waals surface area (Å²) in [7, 11) is 0. The van der Waals surface area contributed by atoms with Crippen LogP contribution in [0.5, 0.6) is 0 Å². The lowest BCUT2D eigenvalue weighted by molar-refractivity contribution is -0.128. The van der Waals surface area contributed by atoms with Gasteiger partial charge in [0.15, 0.2) is 0 Å². The lowest BCUT2D eigenvalue weighted by atomic mass is 9.88. The Labute approximate surface area is 59.6 Å². The fraction of sp³-hybridized carbons (Fsp3) is 0.714. The van der Waals surface area contributed by atoms with E-state index in [2.05, 4.69) is 0 Å². The first-order valence-corrected chi connectivity index (χ1v) is 3.36. The van der Waals surface area contributed by atoms with E-state index in [0.29, 0.717) is 19.3 Å². The molecule has 0 spiro atoms. The van der Waals surface area contributed by atoms with Crippen LogP contribution >= 0.6 is 0 Å². The zero-order valence-corrected chi connectivity index (χ0v) is 6.02. The molecule has 1 unspecified atom stereocenters. The van der Waals surface area contributed by atoms with Crippen molar-refractivity contribution in [3.8, 4) is 0 Å². The number of hydrogen-bond donors (Lipinski definition) is 1. The Hall–Kier alpha value is -0.860. The van der Waals surface area contributed by atoms with Crippen LogP contribution in [-0.2, 0) is 9.59 Å². The summed E-state index contributed by atoms with van der Waals surface area (Å²) in [6.45, 7) is 1.75. The van der Waals surface area contributed by atoms with Crippen LogP contribution in [0, 0.1) is 5.41 Å². The molecule has 2 N–H and O–H groups in total. The van der Waals surface area contributed by atoms with Crippen molar-refractivity contribution in [1.82, 2.24) is 0 Å². The molecule has 1 fully saturated rings. The van der Waals surface area contributed by atoms with E-state index in [0.717, 1.165) is 0 Å². The minimum Gasteiger partial charge on any atom is -0.369 e. The van der Waals surface area contributed by atoms with Gasteiger partial charge >= 0.3 is 0 Å². The lowest BCUT2D eigenvalue weighted by Crippen LogP contribution is -2.31. The first kappa shape index (κ1) is 7.25. The maximum Gasteiger partial charge on any atom is 0.223 e. The Bertz CT molecular complexity index is 188. The highest BCUT2D eigenvalue weighted by Crippen LogP contribution is 2.34. The van der Waals surface area contributed by atoms with Crippen molar-refractivity contribution in [2.45, 2.75) is 26.2 Å². The van der Waals surface area contributed by atoms with E-state index in [9.17, 15) is 9.59 Å². The van der Waals surface area contributed by atoms with Crippen molar-refractivity contribution >= 4 is 11.7 Å². The van der Waals surface area contributed by atoms with Crippen LogP contribution in [0.1, 0.15) is 26.2 Å². The highest BCUT2D eigenvalue weighted by atomic mass is 16.2. The third-order valence-electron chi connectivity index (χ3n) is 2.14. The summed E-state index contributed by atoms with van der Waals surface area (Å²) >= 11 is 0. The number of hydrogen-bond acceptors (Lipinski definition) is 2. The van der Waals surface area contributed by atoms with Gasteiger partial charge in [-0.05, 0) is 6.42 Å². The first-order chi connectivity index (χ1) is 4.54. The molecular weight excluding hydrogens is 130 g/mol. The molecule has 3 nitrogen and oxygen atoms in total. The van der Waals surface area contributed by atoms with E-state index in [1.165, 1.54) is 0 Å². The Balaban J connectivity index is 2.72. The van der Waals surface area contributed by atoms with Crippen molar-refractivity contribution in [2.24, 2.45) is 11.1 Å². The van der Waals surface area contributed by atoms with Crippen molar-refractivity contribution in [1.29, 1.82) is 0 Å². The standard InChI is InChI=1S/C7H11NO2/c1-7(6(8)10)3-2-5(9)4-7/h2-4H2,1H3,(H2,8,10). The molecule has 0 aromatic rings. The van der Waals surface area contributed by atoms with E-state index in [1.807, 2.05) is 0 Å². The molecule has 0 aliphatic heterocycles. The normalized spacial score (nSPS) is 32.7. The molecule has 1 atom stereocenters. The van der Waals surface area contributed by atoms with Crippen molar-refractivity contribution in [2.75, 3.05) is 0 Å². The average Bonchev–Trinajstić information content (AvgIpc) is 2.13. The maximum atomic E-state index is 10.8. The largest absolute Gasteiger partial charge is 0.369 e. The third-order valence-corrected chi connectivity index (χ3v) is 2.14. The summed E-state index contributed by atoms with van der Waals surface area (Å²) in [5, 5.41) is 0. The van der Waals surface area contributed by atoms with Gasteiger partial charge in [-0.2, -0.15) is 0 Å². The predicted molar refractivity (Wildman–Crippen MR) is 36.2 cm³/mol. The zero-order valence-electron chi connectivity index (χ0n) is 6.02. The molecule has 1 amide bonds. The number of amides is 1. The molecule has 1 aliphatic rings. The summed E-state index contributed by atoms with van der Waals surface area (Å²) in [6.07, 6.45) is 1.48. The van der Waals surface area contributed by atoms with Gasteiger partial charge in [-0.25, -0.2) is 0 Å². The van der Waals surface area contributed by atoms with Gasteiger partial charge in [-0.15, -0.1) is 0 Å². The molecule has 0 bridgehead atoms. The van der Waals surface area contributed by atoms with Gasteiger partial charge in [0.05, 0.1) is 5.41 Å². The minimum atomic E-state index is -0.545.